The van der Waals surface area contributed by atoms with Crippen LogP contribution in [0.15, 0.2) is 53.3 Å². The smallest absolute Gasteiger partial charge is 0.271 e. The summed E-state index contributed by atoms with van der Waals surface area (Å²) in [6.45, 7) is 1.64. The van der Waals surface area contributed by atoms with Crippen LogP contribution >= 0.6 is 11.6 Å². The number of carbonyl (C=O) groups is 1. The molecule has 0 saturated carbocycles. The monoisotopic (exact) mass is 452 g/mol. The molecular weight excluding hydrogens is 431 g/mol. The van der Waals surface area contributed by atoms with E-state index in [0.717, 1.165) is 18.7 Å². The van der Waals surface area contributed by atoms with Crippen LogP contribution in [-0.4, -0.2) is 35.5 Å². The largest absolute Gasteiger partial charge is 0.317 e. The Bertz CT molecular complexity index is 1240. The van der Waals surface area contributed by atoms with Crippen LogP contribution < -0.4 is 15.8 Å². The Labute approximate surface area is 189 Å². The fourth-order valence-electron chi connectivity index (χ4n) is 4.31. The van der Waals surface area contributed by atoms with Gasteiger partial charge in [-0.1, -0.05) is 30.3 Å². The highest BCUT2D eigenvalue weighted by Gasteiger charge is 2.31. The minimum absolute atomic E-state index is 0.0946. The molecule has 1 fully saturated rings. The second kappa shape index (κ2) is 9.51. The Kier molecular flexibility index (Phi) is 6.54. The van der Waals surface area contributed by atoms with Crippen molar-refractivity contribution in [3.63, 3.8) is 0 Å². The molecule has 6 nitrogen and oxygen atoms in total. The van der Waals surface area contributed by atoms with E-state index in [2.05, 4.69) is 5.32 Å². The van der Waals surface area contributed by atoms with E-state index in [9.17, 15) is 19.2 Å². The molecule has 2 aromatic carbocycles. The second-order valence-corrected chi connectivity index (χ2v) is 8.02. The lowest BCUT2D eigenvalue weighted by Crippen LogP contribution is -2.48. The molecule has 1 saturated heterocycles. The number of anilines is 1. The Morgan fingerprint density at radius 3 is 2.53 bits per heavy atom. The van der Waals surface area contributed by atoms with E-state index in [4.69, 9.17) is 11.6 Å². The van der Waals surface area contributed by atoms with Gasteiger partial charge in [0.05, 0.1) is 17.7 Å². The van der Waals surface area contributed by atoms with Crippen molar-refractivity contribution in [2.75, 3.05) is 23.9 Å². The zero-order chi connectivity index (χ0) is 22.7. The Morgan fingerprint density at radius 2 is 1.88 bits per heavy atom. The first-order valence-electron chi connectivity index (χ1n) is 10.4. The van der Waals surface area contributed by atoms with Crippen molar-refractivity contribution in [1.29, 1.82) is 5.26 Å². The molecule has 0 atom stereocenters. The van der Waals surface area contributed by atoms with Gasteiger partial charge in [-0.05, 0) is 49.7 Å². The number of hydrogen-bond acceptors (Lipinski definition) is 4. The van der Waals surface area contributed by atoms with Crippen molar-refractivity contribution < 1.29 is 9.18 Å². The van der Waals surface area contributed by atoms with E-state index in [1.54, 1.807) is 29.2 Å². The Hall–Kier alpha value is -3.21. The van der Waals surface area contributed by atoms with E-state index in [1.165, 1.54) is 16.7 Å². The topological polar surface area (TPSA) is 78.1 Å². The van der Waals surface area contributed by atoms with Gasteiger partial charge in [0.25, 0.3) is 5.56 Å². The molecular formula is C24H22ClFN4O2. The summed E-state index contributed by atoms with van der Waals surface area (Å²) in [5, 5.41) is 13.9. The molecule has 164 valence electrons. The number of pyridine rings is 1. The van der Waals surface area contributed by atoms with Crippen LogP contribution in [0, 0.1) is 17.1 Å². The SMILES string of the molecule is N#Cc1c(N(C(=O)CCl)C2CCNCC2)c2ccccc2n(Cc2ccc(F)cc2)c1=O. The molecule has 4 rings (SSSR count). The maximum Gasteiger partial charge on any atom is 0.271 e. The molecule has 0 aliphatic carbocycles. The molecule has 0 spiro atoms. The summed E-state index contributed by atoms with van der Waals surface area (Å²) in [5.74, 6) is -0.950. The van der Waals surface area contributed by atoms with E-state index in [0.29, 0.717) is 29.4 Å². The molecule has 8 heteroatoms. The number of hydrogen-bond donors (Lipinski definition) is 1. The van der Waals surface area contributed by atoms with Crippen molar-refractivity contribution in [2.24, 2.45) is 0 Å². The number of alkyl halides is 1. The second-order valence-electron chi connectivity index (χ2n) is 7.75. The van der Waals surface area contributed by atoms with Gasteiger partial charge in [-0.3, -0.25) is 9.59 Å². The van der Waals surface area contributed by atoms with Gasteiger partial charge in [-0.2, -0.15) is 5.26 Å². The lowest BCUT2D eigenvalue weighted by molar-refractivity contribution is -0.116. The first kappa shape index (κ1) is 22.0. The van der Waals surface area contributed by atoms with Crippen LogP contribution in [0.2, 0.25) is 0 Å². The molecule has 0 unspecified atom stereocenters. The number of fused-ring (bicyclic) bond motifs is 1. The minimum Gasteiger partial charge on any atom is -0.317 e. The fraction of sp³-hybridized carbons (Fsp3) is 0.292. The number of nitriles is 1. The number of nitrogens with zero attached hydrogens (tertiary/aromatic N) is 3. The number of amides is 1. The summed E-state index contributed by atoms with van der Waals surface area (Å²) in [5.41, 5.74) is 1.05. The summed E-state index contributed by atoms with van der Waals surface area (Å²) in [7, 11) is 0. The molecule has 1 aromatic heterocycles. The van der Waals surface area contributed by atoms with Crippen molar-refractivity contribution in [2.45, 2.75) is 25.4 Å². The van der Waals surface area contributed by atoms with Crippen LogP contribution in [-0.2, 0) is 11.3 Å². The molecule has 1 N–H and O–H groups in total. The highest BCUT2D eigenvalue weighted by molar-refractivity contribution is 6.30. The lowest BCUT2D eigenvalue weighted by Gasteiger charge is -2.35. The van der Waals surface area contributed by atoms with E-state index in [1.807, 2.05) is 18.2 Å². The quantitative estimate of drug-likeness (QED) is 0.602. The highest BCUT2D eigenvalue weighted by Crippen LogP contribution is 2.32. The van der Waals surface area contributed by atoms with Gasteiger partial charge in [0, 0.05) is 11.4 Å². The van der Waals surface area contributed by atoms with E-state index < -0.39 is 5.56 Å². The van der Waals surface area contributed by atoms with Gasteiger partial charge >= 0.3 is 0 Å². The maximum absolute atomic E-state index is 13.5. The minimum atomic E-state index is -0.494. The number of aromatic nitrogens is 1. The number of para-hydroxylation sites is 1. The molecule has 3 aromatic rings. The molecule has 1 aliphatic heterocycles. The van der Waals surface area contributed by atoms with Gasteiger partial charge in [0.2, 0.25) is 5.91 Å². The predicted molar refractivity (Wildman–Crippen MR) is 123 cm³/mol. The summed E-state index contributed by atoms with van der Waals surface area (Å²) in [6.07, 6.45) is 1.39. The summed E-state index contributed by atoms with van der Waals surface area (Å²) in [4.78, 5) is 28.0. The Balaban J connectivity index is 1.95. The van der Waals surface area contributed by atoms with E-state index >= 15 is 0 Å². The Morgan fingerprint density at radius 1 is 1.19 bits per heavy atom. The fourth-order valence-corrected chi connectivity index (χ4v) is 4.44. The third-order valence-electron chi connectivity index (χ3n) is 5.81. The zero-order valence-electron chi connectivity index (χ0n) is 17.4. The van der Waals surface area contributed by atoms with Gasteiger partial charge in [-0.15, -0.1) is 11.6 Å². The average Bonchev–Trinajstić information content (AvgIpc) is 2.83. The maximum atomic E-state index is 13.5. The zero-order valence-corrected chi connectivity index (χ0v) is 18.1. The van der Waals surface area contributed by atoms with E-state index in [-0.39, 0.29) is 35.8 Å². The summed E-state index contributed by atoms with van der Waals surface area (Å²) in [6, 6.07) is 15.0. The standard InChI is InChI=1S/C24H22ClFN4O2/c25-13-22(31)30(18-9-11-28-12-10-18)23-19-3-1-2-4-21(19)29(24(32)20(23)14-27)15-16-5-7-17(26)8-6-16/h1-8,18,28H,9-13,15H2. The molecule has 1 amide bonds. The van der Waals surface area contributed by atoms with Crippen LogP contribution in [0.1, 0.15) is 24.0 Å². The van der Waals surface area contributed by atoms with Crippen LogP contribution in [0.4, 0.5) is 10.1 Å². The number of piperidine rings is 1. The third-order valence-corrected chi connectivity index (χ3v) is 6.04. The van der Waals surface area contributed by atoms with Crippen molar-refractivity contribution in [1.82, 2.24) is 9.88 Å². The molecule has 32 heavy (non-hydrogen) atoms. The van der Waals surface area contributed by atoms with Crippen LogP contribution in [0.25, 0.3) is 10.9 Å². The predicted octanol–water partition coefficient (Wildman–Crippen LogP) is 3.38. The number of nitrogens with one attached hydrogen (secondary N) is 1. The van der Waals surface area contributed by atoms with Crippen LogP contribution in [0.5, 0.6) is 0 Å². The third kappa shape index (κ3) is 4.12. The van der Waals surface area contributed by atoms with Crippen molar-refractivity contribution >= 4 is 34.1 Å². The molecule has 0 radical (unpaired) electrons. The van der Waals surface area contributed by atoms with Gasteiger partial charge < -0.3 is 14.8 Å². The number of carbonyl (C=O) groups excluding carboxylic acids is 1. The number of halogens is 2. The van der Waals surface area contributed by atoms with Gasteiger partial charge in [-0.25, -0.2) is 4.39 Å². The lowest BCUT2D eigenvalue weighted by atomic mass is 10.00. The van der Waals surface area contributed by atoms with Gasteiger partial charge in [0.1, 0.15) is 23.3 Å². The summed E-state index contributed by atoms with van der Waals surface area (Å²) >= 11 is 5.95. The highest BCUT2D eigenvalue weighted by atomic mass is 35.5. The first-order valence-corrected chi connectivity index (χ1v) is 11.0. The summed E-state index contributed by atoms with van der Waals surface area (Å²) < 4.78 is 14.8. The number of benzene rings is 2. The molecule has 0 bridgehead atoms. The van der Waals surface area contributed by atoms with Crippen LogP contribution in [0.3, 0.4) is 0 Å². The van der Waals surface area contributed by atoms with Crippen molar-refractivity contribution in [3.8, 4) is 6.07 Å². The first-order chi connectivity index (χ1) is 15.5. The van der Waals surface area contributed by atoms with Gasteiger partial charge in [0.15, 0.2) is 0 Å². The molecule has 2 heterocycles. The molecule has 1 aliphatic rings. The number of rotatable bonds is 5. The normalized spacial score (nSPS) is 14.3. The average molecular weight is 453 g/mol. The van der Waals surface area contributed by atoms with Crippen molar-refractivity contribution in [3.05, 3.63) is 75.8 Å².